The van der Waals surface area contributed by atoms with Gasteiger partial charge in [-0.25, -0.2) is 13.1 Å². The second-order valence-electron chi connectivity index (χ2n) is 16.9. The van der Waals surface area contributed by atoms with Crippen molar-refractivity contribution in [1.82, 2.24) is 30.6 Å². The van der Waals surface area contributed by atoms with E-state index in [1.807, 2.05) is 41.5 Å². The maximum absolute atomic E-state index is 15.1. The van der Waals surface area contributed by atoms with Crippen molar-refractivity contribution in [2.24, 2.45) is 11.3 Å². The van der Waals surface area contributed by atoms with Crippen molar-refractivity contribution in [2.75, 3.05) is 18.1 Å². The lowest BCUT2D eigenvalue weighted by atomic mass is 9.82. The Bertz CT molecular complexity index is 1990. The van der Waals surface area contributed by atoms with Crippen molar-refractivity contribution in [3.05, 3.63) is 52.8 Å². The zero-order chi connectivity index (χ0) is 44.6. The third kappa shape index (κ3) is 11.7. The Labute approximate surface area is 364 Å². The molecule has 4 rings (SSSR count). The van der Waals surface area contributed by atoms with Crippen LogP contribution in [-0.2, 0) is 29.2 Å². The summed E-state index contributed by atoms with van der Waals surface area (Å²) in [4.78, 5) is 88.5. The highest BCUT2D eigenvalue weighted by Crippen LogP contribution is 2.48. The SMILES string of the molecule is CCC[C@H](NC(=O)[C@@H]1CC(SCC)(SCC)CN1C(=O)[C@@H](NC(=O)[C@@H](NC(=O)c1[nH]c(C)c(C)c1C(C)=O)C1CCCCC1)C(C)(C)C)C(=O)NS(=O)(=O)c1ccccc1. The van der Waals surface area contributed by atoms with Crippen LogP contribution >= 0.6 is 23.5 Å². The Morgan fingerprint density at radius 2 is 1.52 bits per heavy atom. The van der Waals surface area contributed by atoms with Crippen molar-refractivity contribution in [3.63, 3.8) is 0 Å². The number of carbonyl (C=O) groups excluding carboxylic acids is 6. The highest BCUT2D eigenvalue weighted by molar-refractivity contribution is 8.18. The van der Waals surface area contributed by atoms with Crippen LogP contribution in [0.25, 0.3) is 0 Å². The number of aryl methyl sites for hydroxylation is 1. The first-order valence-electron chi connectivity index (χ1n) is 21.0. The predicted octanol–water partition coefficient (Wildman–Crippen LogP) is 5.64. The van der Waals surface area contributed by atoms with Crippen LogP contribution in [0.3, 0.4) is 0 Å². The lowest BCUT2D eigenvalue weighted by molar-refractivity contribution is -0.144. The third-order valence-corrected chi connectivity index (χ3v) is 15.7. The zero-order valence-electron chi connectivity index (χ0n) is 36.5. The largest absolute Gasteiger partial charge is 0.354 e. The van der Waals surface area contributed by atoms with Crippen LogP contribution in [0.15, 0.2) is 35.2 Å². The van der Waals surface area contributed by atoms with Crippen molar-refractivity contribution < 1.29 is 37.2 Å². The van der Waals surface area contributed by atoms with Gasteiger partial charge in [0.2, 0.25) is 17.7 Å². The molecule has 0 unspecified atom stereocenters. The molecule has 2 fully saturated rings. The fourth-order valence-electron chi connectivity index (χ4n) is 8.22. The summed E-state index contributed by atoms with van der Waals surface area (Å²) in [5.74, 6) is -2.20. The molecule has 1 aliphatic heterocycles. The molecule has 1 aromatic carbocycles. The predicted molar refractivity (Wildman–Crippen MR) is 237 cm³/mol. The molecular formula is C43H64N6O8S3. The summed E-state index contributed by atoms with van der Waals surface area (Å²) < 4.78 is 27.7. The second-order valence-corrected chi connectivity index (χ2v) is 22.2. The van der Waals surface area contributed by atoms with Crippen LogP contribution in [0, 0.1) is 25.2 Å². The molecule has 5 amide bonds. The van der Waals surface area contributed by atoms with Gasteiger partial charge in [0.05, 0.1) is 14.5 Å². The number of hydrogen-bond donors (Lipinski definition) is 5. The fraction of sp³-hybridized carbons (Fsp3) is 0.628. The molecule has 1 aromatic heterocycles. The smallest absolute Gasteiger partial charge is 0.269 e. The van der Waals surface area contributed by atoms with E-state index in [4.69, 9.17) is 0 Å². The van der Waals surface area contributed by atoms with Crippen molar-refractivity contribution in [3.8, 4) is 0 Å². The number of hydrogen-bond acceptors (Lipinski definition) is 10. The van der Waals surface area contributed by atoms with E-state index in [-0.39, 0.29) is 47.2 Å². The average Bonchev–Trinajstić information content (AvgIpc) is 3.72. The van der Waals surface area contributed by atoms with Crippen molar-refractivity contribution in [1.29, 1.82) is 0 Å². The van der Waals surface area contributed by atoms with Crippen LogP contribution in [0.1, 0.15) is 132 Å². The first-order chi connectivity index (χ1) is 28.2. The van der Waals surface area contributed by atoms with Crippen molar-refractivity contribution >= 4 is 68.9 Å². The maximum Gasteiger partial charge on any atom is 0.269 e. The van der Waals surface area contributed by atoms with Gasteiger partial charge >= 0.3 is 0 Å². The molecule has 60 heavy (non-hydrogen) atoms. The lowest BCUT2D eigenvalue weighted by Crippen LogP contribution is -2.62. The molecular weight excluding hydrogens is 825 g/mol. The number of nitrogens with one attached hydrogen (secondary N) is 5. The van der Waals surface area contributed by atoms with E-state index in [1.165, 1.54) is 24.0 Å². The van der Waals surface area contributed by atoms with E-state index >= 15 is 4.79 Å². The number of H-pyrrole nitrogens is 1. The van der Waals surface area contributed by atoms with Crippen LogP contribution in [0.4, 0.5) is 0 Å². The number of nitrogens with zero attached hydrogens (tertiary/aromatic N) is 1. The Morgan fingerprint density at radius 3 is 2.07 bits per heavy atom. The Kier molecular flexibility index (Phi) is 16.9. The van der Waals surface area contributed by atoms with E-state index in [0.29, 0.717) is 42.0 Å². The number of ketones is 1. The molecule has 2 aliphatic rings. The average molecular weight is 889 g/mol. The minimum absolute atomic E-state index is 0.0893. The molecule has 4 atom stereocenters. The molecule has 332 valence electrons. The van der Waals surface area contributed by atoms with Gasteiger partial charge in [-0.2, -0.15) is 0 Å². The van der Waals surface area contributed by atoms with Gasteiger partial charge in [0.25, 0.3) is 21.8 Å². The van der Waals surface area contributed by atoms with Crippen LogP contribution in [-0.4, -0.2) is 99.9 Å². The number of Topliss-reactive ketones (excluding diaryl/α,β-unsaturated/α-hetero) is 1. The molecule has 0 radical (unpaired) electrons. The summed E-state index contributed by atoms with van der Waals surface area (Å²) in [5.41, 5.74) is 0.826. The van der Waals surface area contributed by atoms with E-state index in [1.54, 1.807) is 55.6 Å². The highest BCUT2D eigenvalue weighted by Gasteiger charge is 2.52. The molecule has 2 aromatic rings. The van der Waals surface area contributed by atoms with Crippen LogP contribution in [0.2, 0.25) is 0 Å². The Balaban J connectivity index is 1.67. The molecule has 2 heterocycles. The van der Waals surface area contributed by atoms with Gasteiger partial charge < -0.3 is 25.8 Å². The van der Waals surface area contributed by atoms with Gasteiger partial charge in [-0.05, 0) is 80.6 Å². The van der Waals surface area contributed by atoms with Crippen LogP contribution in [0.5, 0.6) is 0 Å². The van der Waals surface area contributed by atoms with E-state index in [9.17, 15) is 32.4 Å². The molecule has 0 bridgehead atoms. The molecule has 17 heteroatoms. The molecule has 0 spiro atoms. The number of thioether (sulfide) groups is 2. The quantitative estimate of drug-likeness (QED) is 0.0922. The zero-order valence-corrected chi connectivity index (χ0v) is 38.9. The first-order valence-corrected chi connectivity index (χ1v) is 24.5. The van der Waals surface area contributed by atoms with E-state index < -0.39 is 73.2 Å². The van der Waals surface area contributed by atoms with Crippen LogP contribution < -0.4 is 20.7 Å². The molecule has 1 saturated carbocycles. The minimum Gasteiger partial charge on any atom is -0.354 e. The third-order valence-electron chi connectivity index (χ3n) is 11.4. The Morgan fingerprint density at radius 1 is 0.900 bits per heavy atom. The Hall–Kier alpha value is -3.83. The lowest BCUT2D eigenvalue weighted by Gasteiger charge is -2.38. The molecule has 14 nitrogen and oxygen atoms in total. The number of likely N-dealkylation sites (tertiary alicyclic amines) is 1. The number of carbonyl (C=O) groups is 6. The number of aromatic nitrogens is 1. The normalized spacial score (nSPS) is 18.6. The number of benzene rings is 1. The van der Waals surface area contributed by atoms with Gasteiger partial charge in [0, 0.05) is 18.7 Å². The maximum atomic E-state index is 15.1. The number of sulfonamides is 1. The molecule has 1 saturated heterocycles. The van der Waals surface area contributed by atoms with Gasteiger partial charge in [-0.1, -0.05) is 85.4 Å². The standard InChI is InChI=1S/C43H64N6O8S3/c1-10-19-31(37(51)48-60(56,57)30-22-17-14-18-23-30)45-38(52)32-24-43(58-11-2,59-12-3)25-49(32)41(55)36(42(7,8)9)47-39(53)34(29-20-15-13-16-21-29)46-40(54)35-33(28(6)50)26(4)27(5)44-35/h14,17-18,22-23,29,31-32,34,36,44H,10-13,15-16,19-21,24-25H2,1-9H3,(H,45,52)(H,46,54)(H,47,53)(H,48,51)/t31-,32-,34-,36+/m0/s1. The van der Waals surface area contributed by atoms with E-state index in [2.05, 4.69) is 25.7 Å². The summed E-state index contributed by atoms with van der Waals surface area (Å²) in [6.07, 6.45) is 4.97. The highest BCUT2D eigenvalue weighted by atomic mass is 32.2. The van der Waals surface area contributed by atoms with Gasteiger partial charge in [0.1, 0.15) is 29.9 Å². The molecule has 1 aliphatic carbocycles. The minimum atomic E-state index is -4.23. The summed E-state index contributed by atoms with van der Waals surface area (Å²) in [6, 6.07) is 3.07. The van der Waals surface area contributed by atoms with Gasteiger partial charge in [0.15, 0.2) is 5.78 Å². The summed E-state index contributed by atoms with van der Waals surface area (Å²) in [5, 5.41) is 8.74. The number of aromatic amines is 1. The summed E-state index contributed by atoms with van der Waals surface area (Å²) in [7, 11) is -4.23. The summed E-state index contributed by atoms with van der Waals surface area (Å²) >= 11 is 3.26. The fourth-order valence-corrected chi connectivity index (χ4v) is 12.4. The summed E-state index contributed by atoms with van der Waals surface area (Å²) in [6.45, 7) is 16.4. The second kappa shape index (κ2) is 20.8. The monoisotopic (exact) mass is 888 g/mol. The van der Waals surface area contributed by atoms with Gasteiger partial charge in [-0.3, -0.25) is 28.8 Å². The first kappa shape index (κ1) is 48.8. The number of rotatable bonds is 18. The van der Waals surface area contributed by atoms with E-state index in [0.717, 1.165) is 19.3 Å². The van der Waals surface area contributed by atoms with Crippen molar-refractivity contribution in [2.45, 2.75) is 147 Å². The topological polar surface area (TPSA) is 204 Å². The van der Waals surface area contributed by atoms with Gasteiger partial charge in [-0.15, -0.1) is 23.5 Å². The number of amides is 5. The molecule has 5 N–H and O–H groups in total.